The Morgan fingerprint density at radius 3 is 2.48 bits per heavy atom. The van der Waals surface area contributed by atoms with Crippen LogP contribution >= 0.6 is 0 Å². The third-order valence-electron chi connectivity index (χ3n) is 3.20. The molecule has 1 atom stereocenters. The summed E-state index contributed by atoms with van der Waals surface area (Å²) in [6, 6.07) is 8.09. The first kappa shape index (κ1) is 18.5. The van der Waals surface area contributed by atoms with Gasteiger partial charge in [-0.15, -0.1) is 0 Å². The molecule has 0 aliphatic rings. The standard InChI is InChI=1S/C16H22N2O5/c1-12(16(21)22)18(10-9-17-13(2)19)15(20)8-11-23-14-6-4-3-5-7-14/h3-7,12H,8-11H2,1-2H3,(H,17,19)(H,21,22). The molecular weight excluding hydrogens is 300 g/mol. The van der Waals surface area contributed by atoms with Crippen LogP contribution in [-0.2, 0) is 14.4 Å². The average molecular weight is 322 g/mol. The number of carbonyl (C=O) groups is 3. The maximum atomic E-state index is 12.2. The van der Waals surface area contributed by atoms with Gasteiger partial charge in [-0.3, -0.25) is 9.59 Å². The van der Waals surface area contributed by atoms with E-state index in [-0.39, 0.29) is 37.9 Å². The third kappa shape index (κ3) is 6.82. The fourth-order valence-electron chi connectivity index (χ4n) is 1.94. The molecule has 1 aromatic rings. The van der Waals surface area contributed by atoms with E-state index in [1.54, 1.807) is 12.1 Å². The summed E-state index contributed by atoms with van der Waals surface area (Å²) in [5.74, 6) is -1.00. The number of aliphatic carboxylic acids is 1. The summed E-state index contributed by atoms with van der Waals surface area (Å²) in [6.45, 7) is 3.30. The lowest BCUT2D eigenvalue weighted by Crippen LogP contribution is -2.47. The van der Waals surface area contributed by atoms with Crippen LogP contribution in [0.4, 0.5) is 0 Å². The van der Waals surface area contributed by atoms with Gasteiger partial charge in [0.1, 0.15) is 11.8 Å². The van der Waals surface area contributed by atoms with Crippen molar-refractivity contribution in [2.75, 3.05) is 19.7 Å². The van der Waals surface area contributed by atoms with Crippen molar-refractivity contribution in [1.29, 1.82) is 0 Å². The number of hydrogen-bond donors (Lipinski definition) is 2. The summed E-state index contributed by atoms with van der Waals surface area (Å²) in [4.78, 5) is 35.5. The van der Waals surface area contributed by atoms with Crippen molar-refractivity contribution in [2.24, 2.45) is 0 Å². The highest BCUT2D eigenvalue weighted by Gasteiger charge is 2.24. The molecule has 2 amide bonds. The van der Waals surface area contributed by atoms with E-state index >= 15 is 0 Å². The molecule has 0 radical (unpaired) electrons. The molecule has 0 aliphatic carbocycles. The summed E-state index contributed by atoms with van der Waals surface area (Å²) in [5, 5.41) is 11.7. The minimum Gasteiger partial charge on any atom is -0.493 e. The number of nitrogens with one attached hydrogen (secondary N) is 1. The van der Waals surface area contributed by atoms with E-state index < -0.39 is 12.0 Å². The molecule has 7 nitrogen and oxygen atoms in total. The molecule has 0 spiro atoms. The largest absolute Gasteiger partial charge is 0.493 e. The molecule has 0 fully saturated rings. The summed E-state index contributed by atoms with van der Waals surface area (Å²) in [7, 11) is 0. The van der Waals surface area contributed by atoms with Gasteiger partial charge in [0.2, 0.25) is 11.8 Å². The molecule has 0 heterocycles. The van der Waals surface area contributed by atoms with Crippen molar-refractivity contribution in [3.05, 3.63) is 30.3 Å². The zero-order chi connectivity index (χ0) is 17.2. The molecule has 1 aromatic carbocycles. The third-order valence-corrected chi connectivity index (χ3v) is 3.20. The first-order valence-corrected chi connectivity index (χ1v) is 7.36. The highest BCUT2D eigenvalue weighted by Crippen LogP contribution is 2.09. The van der Waals surface area contributed by atoms with Crippen LogP contribution in [0.3, 0.4) is 0 Å². The normalized spacial score (nSPS) is 11.4. The SMILES string of the molecule is CC(=O)NCCN(C(=O)CCOc1ccccc1)C(C)C(=O)O. The number of amides is 2. The van der Waals surface area contributed by atoms with Gasteiger partial charge >= 0.3 is 5.97 Å². The van der Waals surface area contributed by atoms with Crippen molar-refractivity contribution in [3.63, 3.8) is 0 Å². The Bertz CT molecular complexity index is 533. The minimum atomic E-state index is -1.09. The Kier molecular flexibility index (Phi) is 7.59. The molecule has 7 heteroatoms. The molecule has 126 valence electrons. The van der Waals surface area contributed by atoms with Crippen LogP contribution < -0.4 is 10.1 Å². The molecule has 1 rings (SSSR count). The van der Waals surface area contributed by atoms with Gasteiger partial charge in [-0.2, -0.15) is 0 Å². The van der Waals surface area contributed by atoms with E-state index in [4.69, 9.17) is 9.84 Å². The second kappa shape index (κ2) is 9.45. The Hall–Kier alpha value is -2.57. The maximum absolute atomic E-state index is 12.2. The Balaban J connectivity index is 2.52. The number of hydrogen-bond acceptors (Lipinski definition) is 4. The average Bonchev–Trinajstić information content (AvgIpc) is 2.51. The van der Waals surface area contributed by atoms with Crippen molar-refractivity contribution >= 4 is 17.8 Å². The predicted octanol–water partition coefficient (Wildman–Crippen LogP) is 0.893. The van der Waals surface area contributed by atoms with E-state index in [1.165, 1.54) is 18.7 Å². The zero-order valence-electron chi connectivity index (χ0n) is 13.3. The lowest BCUT2D eigenvalue weighted by Gasteiger charge is -2.26. The van der Waals surface area contributed by atoms with Crippen molar-refractivity contribution < 1.29 is 24.2 Å². The molecule has 0 aliphatic heterocycles. The van der Waals surface area contributed by atoms with Crippen LogP contribution in [-0.4, -0.2) is 53.5 Å². The quantitative estimate of drug-likeness (QED) is 0.704. The van der Waals surface area contributed by atoms with E-state index in [1.807, 2.05) is 18.2 Å². The van der Waals surface area contributed by atoms with Crippen molar-refractivity contribution in [2.45, 2.75) is 26.3 Å². The number of carboxylic acids is 1. The van der Waals surface area contributed by atoms with Crippen LogP contribution in [0, 0.1) is 0 Å². The number of rotatable bonds is 9. The topological polar surface area (TPSA) is 95.9 Å². The van der Waals surface area contributed by atoms with Gasteiger partial charge < -0.3 is 20.1 Å². The van der Waals surface area contributed by atoms with Gasteiger partial charge in [-0.05, 0) is 19.1 Å². The van der Waals surface area contributed by atoms with Crippen LogP contribution in [0.15, 0.2) is 30.3 Å². The summed E-state index contributed by atoms with van der Waals surface area (Å²) in [6.07, 6.45) is 0.0621. The Labute approximate surface area is 135 Å². The summed E-state index contributed by atoms with van der Waals surface area (Å²) < 4.78 is 5.45. The Morgan fingerprint density at radius 1 is 1.26 bits per heavy atom. The van der Waals surface area contributed by atoms with Gasteiger partial charge in [0.15, 0.2) is 0 Å². The van der Waals surface area contributed by atoms with E-state index in [2.05, 4.69) is 5.32 Å². The fraction of sp³-hybridized carbons (Fsp3) is 0.438. The Morgan fingerprint density at radius 2 is 1.91 bits per heavy atom. The monoisotopic (exact) mass is 322 g/mol. The zero-order valence-corrected chi connectivity index (χ0v) is 13.3. The van der Waals surface area contributed by atoms with Gasteiger partial charge in [-0.1, -0.05) is 18.2 Å². The number of para-hydroxylation sites is 1. The first-order chi connectivity index (χ1) is 10.9. The maximum Gasteiger partial charge on any atom is 0.326 e. The van der Waals surface area contributed by atoms with Gasteiger partial charge in [0.25, 0.3) is 0 Å². The van der Waals surface area contributed by atoms with Crippen LogP contribution in [0.5, 0.6) is 5.75 Å². The number of ether oxygens (including phenoxy) is 1. The van der Waals surface area contributed by atoms with Gasteiger partial charge in [-0.25, -0.2) is 4.79 Å². The molecule has 0 saturated heterocycles. The summed E-state index contributed by atoms with van der Waals surface area (Å²) in [5.41, 5.74) is 0. The molecule has 0 saturated carbocycles. The van der Waals surface area contributed by atoms with E-state index in [0.717, 1.165) is 0 Å². The second-order valence-electron chi connectivity index (χ2n) is 5.00. The molecule has 1 unspecified atom stereocenters. The van der Waals surface area contributed by atoms with Gasteiger partial charge in [0.05, 0.1) is 13.0 Å². The highest BCUT2D eigenvalue weighted by atomic mass is 16.5. The van der Waals surface area contributed by atoms with Crippen LogP contribution in [0.25, 0.3) is 0 Å². The number of benzene rings is 1. The lowest BCUT2D eigenvalue weighted by molar-refractivity contribution is -0.149. The van der Waals surface area contributed by atoms with Crippen molar-refractivity contribution in [3.8, 4) is 5.75 Å². The van der Waals surface area contributed by atoms with Crippen LogP contribution in [0.2, 0.25) is 0 Å². The number of carboxylic acid groups (broad SMARTS) is 1. The van der Waals surface area contributed by atoms with Gasteiger partial charge in [0, 0.05) is 20.0 Å². The van der Waals surface area contributed by atoms with Crippen LogP contribution in [0.1, 0.15) is 20.3 Å². The van der Waals surface area contributed by atoms with Crippen molar-refractivity contribution in [1.82, 2.24) is 10.2 Å². The minimum absolute atomic E-state index is 0.0621. The lowest BCUT2D eigenvalue weighted by atomic mass is 10.2. The highest BCUT2D eigenvalue weighted by molar-refractivity contribution is 5.83. The molecule has 0 aromatic heterocycles. The summed E-state index contributed by atoms with van der Waals surface area (Å²) >= 11 is 0. The molecule has 2 N–H and O–H groups in total. The molecule has 0 bridgehead atoms. The number of carbonyl (C=O) groups excluding carboxylic acids is 2. The smallest absolute Gasteiger partial charge is 0.326 e. The van der Waals surface area contributed by atoms with E-state index in [9.17, 15) is 14.4 Å². The molecular formula is C16H22N2O5. The number of nitrogens with zero attached hydrogens (tertiary/aromatic N) is 1. The molecule has 23 heavy (non-hydrogen) atoms. The first-order valence-electron chi connectivity index (χ1n) is 7.36. The second-order valence-corrected chi connectivity index (χ2v) is 5.00. The van der Waals surface area contributed by atoms with E-state index in [0.29, 0.717) is 5.75 Å². The predicted molar refractivity (Wildman–Crippen MR) is 84.0 cm³/mol. The fourth-order valence-corrected chi connectivity index (χ4v) is 1.94.